The van der Waals surface area contributed by atoms with Gasteiger partial charge in [-0.15, -0.1) is 0 Å². The highest BCUT2D eigenvalue weighted by atomic mass is 16.5. The monoisotopic (exact) mass is 367 g/mol. The average molecular weight is 367 g/mol. The van der Waals surface area contributed by atoms with Crippen LogP contribution in [0.2, 0.25) is 0 Å². The van der Waals surface area contributed by atoms with Crippen molar-refractivity contribution < 1.29 is 13.7 Å². The molecule has 1 fully saturated rings. The Morgan fingerprint density at radius 1 is 1.15 bits per heavy atom. The first kappa shape index (κ1) is 17.1. The van der Waals surface area contributed by atoms with E-state index in [1.807, 2.05) is 36.1 Å². The molecule has 0 radical (unpaired) electrons. The number of urea groups is 1. The highest BCUT2D eigenvalue weighted by molar-refractivity contribution is 5.74. The van der Waals surface area contributed by atoms with E-state index >= 15 is 0 Å². The number of amides is 2. The molecule has 1 N–H and O–H groups in total. The minimum absolute atomic E-state index is 0.0111. The number of aromatic nitrogens is 2. The third-order valence-electron chi connectivity index (χ3n) is 4.54. The number of furan rings is 1. The second-order valence-corrected chi connectivity index (χ2v) is 6.26. The largest absolute Gasteiger partial charge is 0.459 e. The summed E-state index contributed by atoms with van der Waals surface area (Å²) < 4.78 is 10.5. The minimum atomic E-state index is 0.0111. The molecule has 1 saturated heterocycles. The van der Waals surface area contributed by atoms with Gasteiger partial charge < -0.3 is 24.1 Å². The molecule has 0 aliphatic carbocycles. The zero-order valence-electron chi connectivity index (χ0n) is 15.1. The van der Waals surface area contributed by atoms with Gasteiger partial charge in [-0.05, 0) is 43.3 Å². The molecule has 0 saturated carbocycles. The van der Waals surface area contributed by atoms with Crippen LogP contribution in [-0.2, 0) is 0 Å². The number of rotatable bonds is 4. The number of nitrogens with one attached hydrogen (secondary N) is 1. The molecule has 8 nitrogen and oxygen atoms in total. The van der Waals surface area contributed by atoms with E-state index in [9.17, 15) is 4.79 Å². The first-order chi connectivity index (χ1) is 13.2. The lowest BCUT2D eigenvalue weighted by molar-refractivity contribution is 0.195. The fourth-order valence-corrected chi connectivity index (χ4v) is 3.09. The lowest BCUT2D eigenvalue weighted by Crippen LogP contribution is -2.51. The van der Waals surface area contributed by atoms with Crippen molar-refractivity contribution in [3.63, 3.8) is 0 Å². The Balaban J connectivity index is 1.40. The minimum Gasteiger partial charge on any atom is -0.459 e. The number of anilines is 1. The molecule has 1 aliphatic rings. The second kappa shape index (κ2) is 7.53. The van der Waals surface area contributed by atoms with Gasteiger partial charge in [-0.1, -0.05) is 5.16 Å². The molecule has 0 atom stereocenters. The Labute approximate surface area is 156 Å². The molecule has 4 rings (SSSR count). The van der Waals surface area contributed by atoms with Crippen LogP contribution in [0.5, 0.6) is 0 Å². The van der Waals surface area contributed by atoms with Crippen molar-refractivity contribution in [1.29, 1.82) is 0 Å². The van der Waals surface area contributed by atoms with Gasteiger partial charge >= 0.3 is 6.03 Å². The van der Waals surface area contributed by atoms with Crippen LogP contribution in [0.4, 0.5) is 10.5 Å². The predicted octanol–water partition coefficient (Wildman–Crippen LogP) is 2.85. The van der Waals surface area contributed by atoms with Crippen LogP contribution in [0.25, 0.3) is 23.0 Å². The Morgan fingerprint density at radius 3 is 2.59 bits per heavy atom. The SMILES string of the molecule is CCNC(=O)N1CCN(c2ccc(-c3noc(-c4ccco4)n3)cc2)CC1. The van der Waals surface area contributed by atoms with Gasteiger partial charge in [-0.2, -0.15) is 4.98 Å². The van der Waals surface area contributed by atoms with Gasteiger partial charge in [0.25, 0.3) is 5.89 Å². The number of carbonyl (C=O) groups is 1. The van der Waals surface area contributed by atoms with Crippen LogP contribution < -0.4 is 10.2 Å². The van der Waals surface area contributed by atoms with Crippen LogP contribution in [0, 0.1) is 0 Å². The van der Waals surface area contributed by atoms with E-state index in [2.05, 4.69) is 20.4 Å². The molecule has 3 aromatic rings. The summed E-state index contributed by atoms with van der Waals surface area (Å²) in [5.74, 6) is 1.44. The number of hydrogen-bond donors (Lipinski definition) is 1. The zero-order valence-corrected chi connectivity index (χ0v) is 15.1. The summed E-state index contributed by atoms with van der Waals surface area (Å²) in [5.41, 5.74) is 1.99. The van der Waals surface area contributed by atoms with E-state index in [4.69, 9.17) is 8.94 Å². The Hall–Kier alpha value is -3.29. The fourth-order valence-electron chi connectivity index (χ4n) is 3.09. The van der Waals surface area contributed by atoms with Crippen molar-refractivity contribution in [2.75, 3.05) is 37.6 Å². The lowest BCUT2D eigenvalue weighted by atomic mass is 10.1. The van der Waals surface area contributed by atoms with E-state index in [1.165, 1.54) is 0 Å². The zero-order chi connectivity index (χ0) is 18.6. The Bertz CT molecular complexity index is 880. The number of piperazine rings is 1. The molecule has 140 valence electrons. The second-order valence-electron chi connectivity index (χ2n) is 6.26. The van der Waals surface area contributed by atoms with Crippen molar-refractivity contribution in [2.45, 2.75) is 6.92 Å². The van der Waals surface area contributed by atoms with Crippen molar-refractivity contribution in [1.82, 2.24) is 20.4 Å². The average Bonchev–Trinajstić information content (AvgIpc) is 3.40. The summed E-state index contributed by atoms with van der Waals surface area (Å²) in [6.45, 7) is 5.62. The van der Waals surface area contributed by atoms with Gasteiger partial charge in [0, 0.05) is 44.0 Å². The number of carbonyl (C=O) groups excluding carboxylic acids is 1. The smallest absolute Gasteiger partial charge is 0.317 e. The van der Waals surface area contributed by atoms with Crippen LogP contribution in [0.3, 0.4) is 0 Å². The van der Waals surface area contributed by atoms with Gasteiger partial charge in [0.2, 0.25) is 5.82 Å². The van der Waals surface area contributed by atoms with Crippen LogP contribution in [-0.4, -0.2) is 53.8 Å². The van der Waals surface area contributed by atoms with Crippen molar-refractivity contribution in [3.05, 3.63) is 42.7 Å². The summed E-state index contributed by atoms with van der Waals surface area (Å²) in [4.78, 5) is 20.4. The molecule has 3 heterocycles. The van der Waals surface area contributed by atoms with E-state index in [1.54, 1.807) is 18.4 Å². The molecular weight excluding hydrogens is 346 g/mol. The van der Waals surface area contributed by atoms with E-state index < -0.39 is 0 Å². The molecule has 0 bridgehead atoms. The Morgan fingerprint density at radius 2 is 1.93 bits per heavy atom. The maximum absolute atomic E-state index is 11.9. The van der Waals surface area contributed by atoms with E-state index in [0.717, 1.165) is 24.3 Å². The molecule has 27 heavy (non-hydrogen) atoms. The standard InChI is InChI=1S/C19H21N5O3/c1-2-20-19(25)24-11-9-23(10-12-24)15-7-5-14(6-8-15)17-21-18(27-22-17)16-4-3-13-26-16/h3-8,13H,2,9-12H2,1H3,(H,20,25). The Kier molecular flexibility index (Phi) is 4.78. The van der Waals surface area contributed by atoms with Crippen LogP contribution in [0.15, 0.2) is 51.6 Å². The molecule has 1 aliphatic heterocycles. The van der Waals surface area contributed by atoms with Gasteiger partial charge in [0.05, 0.1) is 6.26 Å². The first-order valence-electron chi connectivity index (χ1n) is 9.00. The number of benzene rings is 1. The fraction of sp³-hybridized carbons (Fsp3) is 0.316. The summed E-state index contributed by atoms with van der Waals surface area (Å²) in [6.07, 6.45) is 1.57. The maximum atomic E-state index is 11.9. The van der Waals surface area contributed by atoms with Gasteiger partial charge in [-0.3, -0.25) is 0 Å². The van der Waals surface area contributed by atoms with Crippen LogP contribution in [0.1, 0.15) is 6.92 Å². The van der Waals surface area contributed by atoms with Gasteiger partial charge in [-0.25, -0.2) is 4.79 Å². The number of nitrogens with zero attached hydrogens (tertiary/aromatic N) is 4. The van der Waals surface area contributed by atoms with Gasteiger partial charge in [0.1, 0.15) is 0 Å². The topological polar surface area (TPSA) is 87.6 Å². The highest BCUT2D eigenvalue weighted by Crippen LogP contribution is 2.25. The normalized spacial score (nSPS) is 14.4. The third-order valence-corrected chi connectivity index (χ3v) is 4.54. The summed E-state index contributed by atoms with van der Waals surface area (Å²) >= 11 is 0. The van der Waals surface area contributed by atoms with E-state index in [-0.39, 0.29) is 6.03 Å². The van der Waals surface area contributed by atoms with Crippen molar-refractivity contribution >= 4 is 11.7 Å². The molecule has 0 unspecified atom stereocenters. The molecule has 0 spiro atoms. The lowest BCUT2D eigenvalue weighted by Gasteiger charge is -2.36. The summed E-state index contributed by atoms with van der Waals surface area (Å²) in [7, 11) is 0. The molecule has 1 aromatic carbocycles. The molecule has 2 amide bonds. The first-order valence-corrected chi connectivity index (χ1v) is 9.00. The van der Waals surface area contributed by atoms with E-state index in [0.29, 0.717) is 37.1 Å². The van der Waals surface area contributed by atoms with Crippen molar-refractivity contribution in [3.8, 4) is 23.0 Å². The van der Waals surface area contributed by atoms with Crippen LogP contribution >= 0.6 is 0 Å². The van der Waals surface area contributed by atoms with Crippen molar-refractivity contribution in [2.24, 2.45) is 0 Å². The quantitative estimate of drug-likeness (QED) is 0.763. The van der Waals surface area contributed by atoms with Gasteiger partial charge in [0.15, 0.2) is 5.76 Å². The maximum Gasteiger partial charge on any atom is 0.317 e. The summed E-state index contributed by atoms with van der Waals surface area (Å²) in [5, 5.41) is 6.87. The molecule has 2 aromatic heterocycles. The number of hydrogen-bond acceptors (Lipinski definition) is 6. The summed E-state index contributed by atoms with van der Waals surface area (Å²) in [6, 6.07) is 11.6. The predicted molar refractivity (Wildman–Crippen MR) is 100 cm³/mol. The molecular formula is C19H21N5O3. The highest BCUT2D eigenvalue weighted by Gasteiger charge is 2.21. The third kappa shape index (κ3) is 3.64. The molecule has 8 heteroatoms.